The van der Waals surface area contributed by atoms with Gasteiger partial charge in [-0.15, -0.1) is 0 Å². The maximum absolute atomic E-state index is 10.7. The molecule has 0 fully saturated rings. The van der Waals surface area contributed by atoms with Gasteiger partial charge in [-0.25, -0.2) is 0 Å². The van der Waals surface area contributed by atoms with Crippen LogP contribution in [0.1, 0.15) is 36.6 Å². The third-order valence-electron chi connectivity index (χ3n) is 3.54. The first-order chi connectivity index (χ1) is 10.2. The first kappa shape index (κ1) is 15.7. The van der Waals surface area contributed by atoms with Crippen molar-refractivity contribution in [3.63, 3.8) is 0 Å². The lowest BCUT2D eigenvalue weighted by Gasteiger charge is -2.25. The molecule has 0 saturated carbocycles. The number of aliphatic hydroxyl groups excluding tert-OH is 2. The Hall–Kier alpha value is -1.68. The molecule has 0 heterocycles. The molecular formula is C18H23NO2. The molecule has 0 aliphatic heterocycles. The van der Waals surface area contributed by atoms with Gasteiger partial charge >= 0.3 is 0 Å². The molecule has 2 aromatic rings. The molecule has 112 valence electrons. The minimum atomic E-state index is -0.623. The second-order valence-electron chi connectivity index (χ2n) is 5.34. The van der Waals surface area contributed by atoms with Gasteiger partial charge in [0.25, 0.3) is 0 Å². The molecule has 21 heavy (non-hydrogen) atoms. The summed E-state index contributed by atoms with van der Waals surface area (Å²) in [6.07, 6.45) is -0.310. The Balaban J connectivity index is 2.15. The van der Waals surface area contributed by atoms with Crippen molar-refractivity contribution < 1.29 is 10.2 Å². The van der Waals surface area contributed by atoms with Crippen LogP contribution in [-0.4, -0.2) is 22.9 Å². The average Bonchev–Trinajstić information content (AvgIpc) is 2.52. The highest BCUT2D eigenvalue weighted by molar-refractivity contribution is 5.26. The van der Waals surface area contributed by atoms with Crippen molar-refractivity contribution >= 4 is 0 Å². The molecule has 3 N–H and O–H groups in total. The Bertz CT molecular complexity index is 513. The maximum atomic E-state index is 10.7. The van der Waals surface area contributed by atoms with E-state index >= 15 is 0 Å². The monoisotopic (exact) mass is 285 g/mol. The summed E-state index contributed by atoms with van der Waals surface area (Å²) in [6.45, 7) is 2.42. The van der Waals surface area contributed by atoms with Crippen molar-refractivity contribution in [1.29, 1.82) is 0 Å². The van der Waals surface area contributed by atoms with Crippen LogP contribution in [0.5, 0.6) is 0 Å². The minimum Gasteiger partial charge on any atom is -0.393 e. The Morgan fingerprint density at radius 1 is 0.857 bits per heavy atom. The van der Waals surface area contributed by atoms with E-state index in [1.165, 1.54) is 0 Å². The van der Waals surface area contributed by atoms with Crippen molar-refractivity contribution in [3.8, 4) is 0 Å². The van der Waals surface area contributed by atoms with Crippen LogP contribution in [0, 0.1) is 0 Å². The van der Waals surface area contributed by atoms with Crippen molar-refractivity contribution in [2.45, 2.75) is 31.6 Å². The summed E-state index contributed by atoms with van der Waals surface area (Å²) in [5.74, 6) is 0. The Kier molecular flexibility index (Phi) is 5.93. The molecule has 0 aromatic heterocycles. The zero-order chi connectivity index (χ0) is 15.1. The molecule has 0 bridgehead atoms. The number of hydrogen-bond donors (Lipinski definition) is 3. The molecule has 0 spiro atoms. The molecule has 0 aliphatic carbocycles. The third-order valence-corrected chi connectivity index (χ3v) is 3.54. The highest BCUT2D eigenvalue weighted by Gasteiger charge is 2.21. The molecule has 0 radical (unpaired) electrons. The van der Waals surface area contributed by atoms with Crippen LogP contribution >= 0.6 is 0 Å². The predicted octanol–water partition coefficient (Wildman–Crippen LogP) is 2.82. The van der Waals surface area contributed by atoms with Crippen LogP contribution in [0.2, 0.25) is 0 Å². The van der Waals surface area contributed by atoms with Gasteiger partial charge in [-0.05, 0) is 31.0 Å². The molecule has 2 rings (SSSR count). The fraction of sp³-hybridized carbons (Fsp3) is 0.333. The van der Waals surface area contributed by atoms with E-state index in [2.05, 4.69) is 5.32 Å². The normalized spacial score (nSPS) is 15.4. The Morgan fingerprint density at radius 3 is 1.90 bits per heavy atom. The number of hydrogen-bond acceptors (Lipinski definition) is 3. The van der Waals surface area contributed by atoms with Crippen LogP contribution in [-0.2, 0) is 0 Å². The van der Waals surface area contributed by atoms with E-state index in [4.69, 9.17) is 0 Å². The summed E-state index contributed by atoms with van der Waals surface area (Å²) >= 11 is 0. The topological polar surface area (TPSA) is 52.5 Å². The highest BCUT2D eigenvalue weighted by Crippen LogP contribution is 2.28. The van der Waals surface area contributed by atoms with Crippen LogP contribution in [0.15, 0.2) is 60.7 Å². The molecule has 3 atom stereocenters. The van der Waals surface area contributed by atoms with E-state index in [0.29, 0.717) is 13.0 Å². The zero-order valence-electron chi connectivity index (χ0n) is 12.3. The summed E-state index contributed by atoms with van der Waals surface area (Å²) in [4.78, 5) is 0. The quantitative estimate of drug-likeness (QED) is 0.733. The van der Waals surface area contributed by atoms with Gasteiger partial charge in [0.15, 0.2) is 0 Å². The zero-order valence-corrected chi connectivity index (χ0v) is 12.3. The van der Waals surface area contributed by atoms with Gasteiger partial charge < -0.3 is 15.5 Å². The smallest absolute Gasteiger partial charge is 0.0984 e. The molecule has 2 aromatic carbocycles. The van der Waals surface area contributed by atoms with Crippen molar-refractivity contribution in [3.05, 3.63) is 71.8 Å². The molecule has 3 unspecified atom stereocenters. The number of aliphatic hydroxyl groups is 2. The molecule has 0 amide bonds. The van der Waals surface area contributed by atoms with Crippen molar-refractivity contribution in [2.24, 2.45) is 0 Å². The van der Waals surface area contributed by atoms with Gasteiger partial charge in [-0.3, -0.25) is 0 Å². The lowest BCUT2D eigenvalue weighted by molar-refractivity contribution is 0.122. The highest BCUT2D eigenvalue weighted by atomic mass is 16.3. The minimum absolute atomic E-state index is 0.188. The molecule has 3 heteroatoms. The SMILES string of the molecule is CC(O)CCNC(c1ccccc1)C(O)c1ccccc1. The van der Waals surface area contributed by atoms with E-state index in [1.807, 2.05) is 60.7 Å². The summed E-state index contributed by atoms with van der Waals surface area (Å²) in [7, 11) is 0. The molecule has 0 aliphatic rings. The molecule has 0 saturated heterocycles. The van der Waals surface area contributed by atoms with Gasteiger partial charge in [-0.1, -0.05) is 60.7 Å². The fourth-order valence-corrected chi connectivity index (χ4v) is 2.36. The van der Waals surface area contributed by atoms with Crippen molar-refractivity contribution in [1.82, 2.24) is 5.32 Å². The standard InChI is InChI=1S/C18H23NO2/c1-14(20)12-13-19-17(15-8-4-2-5-9-15)18(21)16-10-6-3-7-11-16/h2-11,14,17-21H,12-13H2,1H3. The van der Waals surface area contributed by atoms with E-state index in [9.17, 15) is 10.2 Å². The summed E-state index contributed by atoms with van der Waals surface area (Å²) < 4.78 is 0. The lowest BCUT2D eigenvalue weighted by Crippen LogP contribution is -2.29. The van der Waals surface area contributed by atoms with Gasteiger partial charge in [0.05, 0.1) is 18.2 Å². The Labute approximate surface area is 126 Å². The average molecular weight is 285 g/mol. The lowest BCUT2D eigenvalue weighted by atomic mass is 9.95. The van der Waals surface area contributed by atoms with E-state index in [-0.39, 0.29) is 12.1 Å². The predicted molar refractivity (Wildman–Crippen MR) is 84.9 cm³/mol. The summed E-state index contributed by atoms with van der Waals surface area (Å²) in [5, 5.41) is 23.4. The van der Waals surface area contributed by atoms with Crippen LogP contribution in [0.25, 0.3) is 0 Å². The van der Waals surface area contributed by atoms with Gasteiger partial charge in [0.2, 0.25) is 0 Å². The fourth-order valence-electron chi connectivity index (χ4n) is 2.36. The molecule has 3 nitrogen and oxygen atoms in total. The van der Waals surface area contributed by atoms with Gasteiger partial charge in [0, 0.05) is 0 Å². The molecular weight excluding hydrogens is 262 g/mol. The third kappa shape index (κ3) is 4.67. The number of rotatable bonds is 7. The first-order valence-electron chi connectivity index (χ1n) is 7.38. The van der Waals surface area contributed by atoms with Crippen LogP contribution in [0.4, 0.5) is 0 Å². The number of benzene rings is 2. The maximum Gasteiger partial charge on any atom is 0.0984 e. The van der Waals surface area contributed by atoms with E-state index in [0.717, 1.165) is 11.1 Å². The second-order valence-corrected chi connectivity index (χ2v) is 5.34. The second kappa shape index (κ2) is 7.93. The van der Waals surface area contributed by atoms with E-state index in [1.54, 1.807) is 6.92 Å². The van der Waals surface area contributed by atoms with Gasteiger partial charge in [-0.2, -0.15) is 0 Å². The van der Waals surface area contributed by atoms with Crippen molar-refractivity contribution in [2.75, 3.05) is 6.54 Å². The Morgan fingerprint density at radius 2 is 1.38 bits per heavy atom. The summed E-state index contributed by atoms with van der Waals surface area (Å²) in [6, 6.07) is 19.4. The van der Waals surface area contributed by atoms with E-state index < -0.39 is 6.10 Å². The number of nitrogens with one attached hydrogen (secondary N) is 1. The first-order valence-corrected chi connectivity index (χ1v) is 7.38. The van der Waals surface area contributed by atoms with Crippen LogP contribution < -0.4 is 5.32 Å². The summed E-state index contributed by atoms with van der Waals surface area (Å²) in [5.41, 5.74) is 1.93. The largest absolute Gasteiger partial charge is 0.393 e. The van der Waals surface area contributed by atoms with Crippen LogP contribution in [0.3, 0.4) is 0 Å². The van der Waals surface area contributed by atoms with Gasteiger partial charge in [0.1, 0.15) is 0 Å².